The van der Waals surface area contributed by atoms with Gasteiger partial charge in [-0.1, -0.05) is 20.3 Å². The summed E-state index contributed by atoms with van der Waals surface area (Å²) < 4.78 is 0. The fraction of sp³-hybridized carbons (Fsp3) is 0.917. The van der Waals surface area contributed by atoms with E-state index >= 15 is 0 Å². The Morgan fingerprint density at radius 2 is 1.93 bits per heavy atom. The lowest BCUT2D eigenvalue weighted by Crippen LogP contribution is -2.56. The van der Waals surface area contributed by atoms with Gasteiger partial charge in [-0.25, -0.2) is 0 Å². The number of amides is 1. The number of carbonyl (C=O) groups is 1. The summed E-state index contributed by atoms with van der Waals surface area (Å²) in [5.41, 5.74) is 0. The molecule has 0 aromatic carbocycles. The van der Waals surface area contributed by atoms with Crippen molar-refractivity contribution in [3.05, 3.63) is 0 Å². The normalized spacial score (nSPS) is 28.9. The molecule has 0 saturated carbocycles. The molecule has 3 atom stereocenters. The molecule has 1 aliphatic rings. The maximum Gasteiger partial charge on any atom is 0.225 e. The van der Waals surface area contributed by atoms with Crippen molar-refractivity contribution in [2.45, 2.75) is 52.6 Å². The lowest BCUT2D eigenvalue weighted by molar-refractivity contribution is -0.137. The summed E-state index contributed by atoms with van der Waals surface area (Å²) >= 11 is 0. The summed E-state index contributed by atoms with van der Waals surface area (Å²) in [7, 11) is 0. The molecular formula is C12H24N2O. The van der Waals surface area contributed by atoms with Crippen LogP contribution in [0, 0.1) is 5.92 Å². The van der Waals surface area contributed by atoms with Gasteiger partial charge in [0.25, 0.3) is 0 Å². The zero-order valence-corrected chi connectivity index (χ0v) is 10.4. The highest BCUT2D eigenvalue weighted by Crippen LogP contribution is 2.13. The Balaban J connectivity index is 2.51. The predicted molar refractivity (Wildman–Crippen MR) is 62.7 cm³/mol. The Morgan fingerprint density at radius 3 is 2.40 bits per heavy atom. The van der Waals surface area contributed by atoms with Crippen LogP contribution in [0.1, 0.15) is 40.5 Å². The molecule has 0 radical (unpaired) electrons. The number of nitrogens with one attached hydrogen (secondary N) is 1. The molecule has 1 rings (SSSR count). The third-order valence-corrected chi connectivity index (χ3v) is 3.01. The van der Waals surface area contributed by atoms with Crippen molar-refractivity contribution in [3.63, 3.8) is 0 Å². The number of hydrogen-bond acceptors (Lipinski definition) is 2. The Kier molecular flexibility index (Phi) is 4.58. The average Bonchev–Trinajstić information content (AvgIpc) is 2.15. The molecule has 0 aromatic heterocycles. The molecule has 0 spiro atoms. The predicted octanol–water partition coefficient (Wildman–Crippen LogP) is 1.63. The van der Waals surface area contributed by atoms with E-state index in [2.05, 4.69) is 26.1 Å². The molecule has 0 aromatic rings. The number of rotatable bonds is 3. The minimum Gasteiger partial charge on any atom is -0.339 e. The van der Waals surface area contributed by atoms with E-state index in [1.54, 1.807) is 0 Å². The second-order valence-corrected chi connectivity index (χ2v) is 4.90. The van der Waals surface area contributed by atoms with Crippen LogP contribution in [0.2, 0.25) is 0 Å². The molecule has 3 unspecified atom stereocenters. The fourth-order valence-corrected chi connectivity index (χ4v) is 2.37. The van der Waals surface area contributed by atoms with Gasteiger partial charge in [-0.2, -0.15) is 0 Å². The van der Waals surface area contributed by atoms with Crippen LogP contribution in [0.4, 0.5) is 0 Å². The molecule has 0 bridgehead atoms. The third-order valence-electron chi connectivity index (χ3n) is 3.01. The Morgan fingerprint density at radius 1 is 1.40 bits per heavy atom. The maximum absolute atomic E-state index is 12.1. The third kappa shape index (κ3) is 3.49. The molecule has 1 N–H and O–H groups in total. The molecule has 3 nitrogen and oxygen atoms in total. The highest BCUT2D eigenvalue weighted by Gasteiger charge is 2.27. The molecule has 88 valence electrons. The average molecular weight is 212 g/mol. The maximum atomic E-state index is 12.1. The van der Waals surface area contributed by atoms with Crippen molar-refractivity contribution >= 4 is 5.91 Å². The molecule has 1 amide bonds. The Hall–Kier alpha value is -0.570. The first-order valence-electron chi connectivity index (χ1n) is 6.09. The van der Waals surface area contributed by atoms with Crippen LogP contribution in [-0.2, 0) is 4.79 Å². The van der Waals surface area contributed by atoms with Gasteiger partial charge in [0.05, 0.1) is 0 Å². The molecule has 1 heterocycles. The van der Waals surface area contributed by atoms with Gasteiger partial charge < -0.3 is 10.2 Å². The highest BCUT2D eigenvalue weighted by atomic mass is 16.2. The van der Waals surface area contributed by atoms with Crippen LogP contribution in [0.15, 0.2) is 0 Å². The van der Waals surface area contributed by atoms with Gasteiger partial charge in [0.2, 0.25) is 5.91 Å². The zero-order valence-electron chi connectivity index (χ0n) is 10.4. The first-order chi connectivity index (χ1) is 7.04. The summed E-state index contributed by atoms with van der Waals surface area (Å²) in [6.45, 7) is 10.2. The van der Waals surface area contributed by atoms with Crippen molar-refractivity contribution in [2.75, 3.05) is 13.1 Å². The van der Waals surface area contributed by atoms with Crippen LogP contribution in [0.25, 0.3) is 0 Å². The summed E-state index contributed by atoms with van der Waals surface area (Å²) in [6.07, 6.45) is 2.09. The van der Waals surface area contributed by atoms with E-state index in [1.807, 2.05) is 11.8 Å². The quantitative estimate of drug-likeness (QED) is 0.771. The minimum absolute atomic E-state index is 0.187. The molecule has 15 heavy (non-hydrogen) atoms. The first kappa shape index (κ1) is 12.5. The molecule has 0 aliphatic carbocycles. The Labute approximate surface area is 93.2 Å². The van der Waals surface area contributed by atoms with Gasteiger partial charge in [0.15, 0.2) is 0 Å². The second-order valence-electron chi connectivity index (χ2n) is 4.90. The molecular weight excluding hydrogens is 188 g/mol. The van der Waals surface area contributed by atoms with Crippen LogP contribution >= 0.6 is 0 Å². The van der Waals surface area contributed by atoms with Crippen LogP contribution in [-0.4, -0.2) is 36.0 Å². The lowest BCUT2D eigenvalue weighted by atomic mass is 10.0. The largest absolute Gasteiger partial charge is 0.339 e. The first-order valence-corrected chi connectivity index (χ1v) is 6.09. The van der Waals surface area contributed by atoms with Gasteiger partial charge >= 0.3 is 0 Å². The molecule has 3 heteroatoms. The minimum atomic E-state index is 0.187. The summed E-state index contributed by atoms with van der Waals surface area (Å²) in [4.78, 5) is 14.1. The monoisotopic (exact) mass is 212 g/mol. The Bertz CT molecular complexity index is 208. The fourth-order valence-electron chi connectivity index (χ4n) is 2.37. The van der Waals surface area contributed by atoms with Crippen molar-refractivity contribution in [2.24, 2.45) is 5.92 Å². The van der Waals surface area contributed by atoms with Crippen molar-refractivity contribution in [1.82, 2.24) is 10.2 Å². The van der Waals surface area contributed by atoms with Gasteiger partial charge in [-0.15, -0.1) is 0 Å². The summed E-state index contributed by atoms with van der Waals surface area (Å²) in [5.74, 6) is 0.518. The number of hydrogen-bond donors (Lipinski definition) is 1. The van der Waals surface area contributed by atoms with E-state index in [4.69, 9.17) is 0 Å². The summed E-state index contributed by atoms with van der Waals surface area (Å²) in [6, 6.07) is 0.845. The molecule has 1 fully saturated rings. The number of carbonyl (C=O) groups excluding carboxylic acids is 1. The standard InChI is InChI=1S/C12H24N2O/c1-5-6-9(2)12(15)14-7-10(3)13-11(4)8-14/h9-11,13H,5-8H2,1-4H3. The second kappa shape index (κ2) is 5.50. The highest BCUT2D eigenvalue weighted by molar-refractivity contribution is 5.78. The molecule has 1 saturated heterocycles. The van der Waals surface area contributed by atoms with Crippen molar-refractivity contribution < 1.29 is 4.79 Å². The number of piperazine rings is 1. The lowest BCUT2D eigenvalue weighted by Gasteiger charge is -2.37. The van der Waals surface area contributed by atoms with Crippen molar-refractivity contribution in [3.8, 4) is 0 Å². The van der Waals surface area contributed by atoms with Gasteiger partial charge in [-0.05, 0) is 20.3 Å². The number of nitrogens with zero attached hydrogens (tertiary/aromatic N) is 1. The van der Waals surface area contributed by atoms with E-state index in [0.717, 1.165) is 25.9 Å². The van der Waals surface area contributed by atoms with Crippen LogP contribution in [0.3, 0.4) is 0 Å². The van der Waals surface area contributed by atoms with Gasteiger partial charge in [0.1, 0.15) is 0 Å². The SMILES string of the molecule is CCCC(C)C(=O)N1CC(C)NC(C)C1. The van der Waals surface area contributed by atoms with Gasteiger partial charge in [-0.3, -0.25) is 4.79 Å². The smallest absolute Gasteiger partial charge is 0.225 e. The zero-order chi connectivity index (χ0) is 11.4. The van der Waals surface area contributed by atoms with E-state index in [0.29, 0.717) is 18.0 Å². The van der Waals surface area contributed by atoms with Gasteiger partial charge in [0, 0.05) is 31.1 Å². The molecule has 1 aliphatic heterocycles. The summed E-state index contributed by atoms with van der Waals surface area (Å²) in [5, 5.41) is 3.44. The van der Waals surface area contributed by atoms with E-state index in [1.165, 1.54) is 0 Å². The van der Waals surface area contributed by atoms with E-state index < -0.39 is 0 Å². The van der Waals surface area contributed by atoms with Crippen LogP contribution in [0.5, 0.6) is 0 Å². The van der Waals surface area contributed by atoms with E-state index in [-0.39, 0.29) is 5.92 Å². The topological polar surface area (TPSA) is 32.3 Å². The van der Waals surface area contributed by atoms with Crippen molar-refractivity contribution in [1.29, 1.82) is 0 Å². The van der Waals surface area contributed by atoms with Crippen LogP contribution < -0.4 is 5.32 Å². The van der Waals surface area contributed by atoms with E-state index in [9.17, 15) is 4.79 Å².